The Morgan fingerprint density at radius 3 is 2.62 bits per heavy atom. The first-order chi connectivity index (χ1) is 3.77. The normalized spacial score (nSPS) is 13.9. The molecule has 0 aliphatic heterocycles. The monoisotopic (exact) mass is 130 g/mol. The van der Waals surface area contributed by atoms with Crippen molar-refractivity contribution in [3.63, 3.8) is 0 Å². The molecule has 0 heterocycles. The first kappa shape index (κ1) is 8.14. The Morgan fingerprint density at radius 1 is 1.62 bits per heavy atom. The standard InChI is InChI=1S/C5H14N2Si/c1-5(7)8-4-2-3-6/h5H,2-4,6-7H2,1H3. The third-order valence-electron chi connectivity index (χ3n) is 0.847. The van der Waals surface area contributed by atoms with Gasteiger partial charge in [0.05, 0.1) is 9.52 Å². The van der Waals surface area contributed by atoms with Crippen LogP contribution in [0.4, 0.5) is 0 Å². The van der Waals surface area contributed by atoms with Gasteiger partial charge in [-0.1, -0.05) is 13.0 Å². The van der Waals surface area contributed by atoms with Gasteiger partial charge in [-0.2, -0.15) is 0 Å². The van der Waals surface area contributed by atoms with Crippen molar-refractivity contribution < 1.29 is 0 Å². The van der Waals surface area contributed by atoms with E-state index < -0.39 is 0 Å². The topological polar surface area (TPSA) is 52.0 Å². The lowest BCUT2D eigenvalue weighted by atomic mass is 10.5. The maximum Gasteiger partial charge on any atom is 0.0601 e. The molecular formula is C5H14N2Si. The second-order valence-electron chi connectivity index (χ2n) is 1.89. The molecule has 0 aliphatic carbocycles. The molecule has 48 valence electrons. The SMILES string of the molecule is CC(N)[Si]CCCN. The summed E-state index contributed by atoms with van der Waals surface area (Å²) >= 11 is 0. The first-order valence-electron chi connectivity index (χ1n) is 2.96. The molecule has 0 rings (SSSR count). The van der Waals surface area contributed by atoms with E-state index in [4.69, 9.17) is 11.5 Å². The molecular weight excluding hydrogens is 116 g/mol. The molecule has 2 nitrogen and oxygen atoms in total. The van der Waals surface area contributed by atoms with E-state index in [-0.39, 0.29) is 0 Å². The Kier molecular flexibility index (Phi) is 5.37. The molecule has 0 bridgehead atoms. The van der Waals surface area contributed by atoms with Crippen LogP contribution in [0.15, 0.2) is 0 Å². The highest BCUT2D eigenvalue weighted by Gasteiger charge is 1.92. The second-order valence-corrected chi connectivity index (χ2v) is 3.70. The predicted molar refractivity (Wildman–Crippen MR) is 37.9 cm³/mol. The highest BCUT2D eigenvalue weighted by molar-refractivity contribution is 6.37. The molecule has 0 saturated heterocycles. The van der Waals surface area contributed by atoms with Crippen molar-refractivity contribution in [2.75, 3.05) is 6.54 Å². The van der Waals surface area contributed by atoms with Crippen molar-refractivity contribution in [1.29, 1.82) is 0 Å². The van der Waals surface area contributed by atoms with Gasteiger partial charge in [0.25, 0.3) is 0 Å². The Balaban J connectivity index is 2.72. The molecule has 0 aromatic rings. The molecule has 0 spiro atoms. The molecule has 0 aromatic carbocycles. The highest BCUT2D eigenvalue weighted by atomic mass is 28.2. The number of hydrogen-bond donors (Lipinski definition) is 2. The predicted octanol–water partition coefficient (Wildman–Crippen LogP) is -0.238. The van der Waals surface area contributed by atoms with Crippen molar-refractivity contribution in [3.8, 4) is 0 Å². The van der Waals surface area contributed by atoms with Gasteiger partial charge < -0.3 is 11.5 Å². The molecule has 0 aliphatic rings. The van der Waals surface area contributed by atoms with E-state index in [0.29, 0.717) is 5.67 Å². The van der Waals surface area contributed by atoms with E-state index in [9.17, 15) is 0 Å². The third kappa shape index (κ3) is 6.14. The molecule has 4 N–H and O–H groups in total. The molecule has 2 radical (unpaired) electrons. The minimum atomic E-state index is 0.376. The fourth-order valence-corrected chi connectivity index (χ4v) is 1.30. The zero-order chi connectivity index (χ0) is 6.41. The van der Waals surface area contributed by atoms with Crippen LogP contribution in [0.3, 0.4) is 0 Å². The summed E-state index contributed by atoms with van der Waals surface area (Å²) in [6.07, 6.45) is 1.12. The van der Waals surface area contributed by atoms with Crippen LogP contribution in [0, 0.1) is 0 Å². The van der Waals surface area contributed by atoms with E-state index in [1.165, 1.54) is 6.04 Å². The Labute approximate surface area is 53.5 Å². The van der Waals surface area contributed by atoms with Crippen molar-refractivity contribution >= 4 is 9.52 Å². The Hall–Kier alpha value is 0.137. The first-order valence-corrected chi connectivity index (χ1v) is 4.25. The van der Waals surface area contributed by atoms with Crippen molar-refractivity contribution in [1.82, 2.24) is 0 Å². The summed E-state index contributed by atoms with van der Waals surface area (Å²) in [5.41, 5.74) is 11.2. The van der Waals surface area contributed by atoms with E-state index in [2.05, 4.69) is 0 Å². The molecule has 0 fully saturated rings. The fraction of sp³-hybridized carbons (Fsp3) is 1.00. The Morgan fingerprint density at radius 2 is 2.25 bits per heavy atom. The van der Waals surface area contributed by atoms with Gasteiger partial charge in [-0.3, -0.25) is 0 Å². The van der Waals surface area contributed by atoms with Gasteiger partial charge in [-0.05, 0) is 18.6 Å². The number of rotatable bonds is 4. The zero-order valence-electron chi connectivity index (χ0n) is 5.35. The maximum atomic E-state index is 5.50. The minimum absolute atomic E-state index is 0.376. The molecule has 8 heavy (non-hydrogen) atoms. The van der Waals surface area contributed by atoms with Crippen LogP contribution in [-0.2, 0) is 0 Å². The molecule has 3 heteroatoms. The summed E-state index contributed by atoms with van der Waals surface area (Å²) < 4.78 is 0. The summed E-state index contributed by atoms with van der Waals surface area (Å²) in [6, 6.07) is 1.20. The smallest absolute Gasteiger partial charge is 0.0601 e. The van der Waals surface area contributed by atoms with E-state index in [1.807, 2.05) is 6.92 Å². The lowest BCUT2D eigenvalue weighted by Gasteiger charge is -1.99. The molecule has 0 saturated carbocycles. The number of hydrogen-bond acceptors (Lipinski definition) is 2. The summed E-state index contributed by atoms with van der Waals surface area (Å²) in [6.45, 7) is 2.84. The van der Waals surface area contributed by atoms with Crippen molar-refractivity contribution in [3.05, 3.63) is 0 Å². The van der Waals surface area contributed by atoms with Crippen LogP contribution >= 0.6 is 0 Å². The van der Waals surface area contributed by atoms with Crippen LogP contribution < -0.4 is 11.5 Å². The van der Waals surface area contributed by atoms with Gasteiger partial charge in [0, 0.05) is 0 Å². The third-order valence-corrected chi connectivity index (χ3v) is 2.13. The lowest BCUT2D eigenvalue weighted by molar-refractivity contribution is 0.903. The lowest BCUT2D eigenvalue weighted by Crippen LogP contribution is -2.23. The van der Waals surface area contributed by atoms with E-state index in [0.717, 1.165) is 22.5 Å². The summed E-state index contributed by atoms with van der Waals surface area (Å²) in [4.78, 5) is 0. The highest BCUT2D eigenvalue weighted by Crippen LogP contribution is 1.86. The molecule has 0 amide bonds. The fourth-order valence-electron chi connectivity index (χ4n) is 0.432. The van der Waals surface area contributed by atoms with Gasteiger partial charge >= 0.3 is 0 Å². The van der Waals surface area contributed by atoms with Crippen LogP contribution in [0.1, 0.15) is 13.3 Å². The number of nitrogens with two attached hydrogens (primary N) is 2. The maximum absolute atomic E-state index is 5.50. The average Bonchev–Trinajstić information content (AvgIpc) is 1.66. The summed E-state index contributed by atoms with van der Waals surface area (Å²) in [7, 11) is 0.893. The summed E-state index contributed by atoms with van der Waals surface area (Å²) in [5, 5.41) is 0. The van der Waals surface area contributed by atoms with Gasteiger partial charge in [0.15, 0.2) is 0 Å². The van der Waals surface area contributed by atoms with E-state index in [1.54, 1.807) is 0 Å². The van der Waals surface area contributed by atoms with Gasteiger partial charge in [0.2, 0.25) is 0 Å². The largest absolute Gasteiger partial charge is 0.331 e. The zero-order valence-corrected chi connectivity index (χ0v) is 6.35. The van der Waals surface area contributed by atoms with Gasteiger partial charge in [0.1, 0.15) is 0 Å². The van der Waals surface area contributed by atoms with Gasteiger partial charge in [-0.25, -0.2) is 0 Å². The van der Waals surface area contributed by atoms with Crippen molar-refractivity contribution in [2.45, 2.75) is 25.1 Å². The minimum Gasteiger partial charge on any atom is -0.331 e. The van der Waals surface area contributed by atoms with Crippen LogP contribution in [-0.4, -0.2) is 21.7 Å². The molecule has 1 atom stereocenters. The molecule has 0 aromatic heterocycles. The van der Waals surface area contributed by atoms with Crippen LogP contribution in [0.5, 0.6) is 0 Å². The van der Waals surface area contributed by atoms with Crippen molar-refractivity contribution in [2.24, 2.45) is 11.5 Å². The van der Waals surface area contributed by atoms with E-state index >= 15 is 0 Å². The van der Waals surface area contributed by atoms with Gasteiger partial charge in [-0.15, -0.1) is 0 Å². The molecule has 1 unspecified atom stereocenters. The Bertz CT molecular complexity index is 47.7. The summed E-state index contributed by atoms with van der Waals surface area (Å²) in [5.74, 6) is 0. The van der Waals surface area contributed by atoms with Crippen LogP contribution in [0.2, 0.25) is 6.04 Å². The average molecular weight is 130 g/mol. The quantitative estimate of drug-likeness (QED) is 0.408. The second kappa shape index (κ2) is 5.28. The van der Waals surface area contributed by atoms with Crippen LogP contribution in [0.25, 0.3) is 0 Å².